The first-order valence-corrected chi connectivity index (χ1v) is 7.84. The number of anilines is 1. The molecule has 3 rings (SSSR count). The maximum absolute atomic E-state index is 12.8. The van der Waals surface area contributed by atoms with Gasteiger partial charge in [-0.3, -0.25) is 25.0 Å². The Kier molecular flexibility index (Phi) is 4.77. The number of methoxy groups -OCH3 is 1. The Morgan fingerprint density at radius 1 is 1.14 bits per heavy atom. The van der Waals surface area contributed by atoms with E-state index in [1.165, 1.54) is 43.5 Å². The third kappa shape index (κ3) is 3.38. The van der Waals surface area contributed by atoms with Gasteiger partial charge in [0, 0.05) is 12.1 Å². The van der Waals surface area contributed by atoms with Crippen molar-refractivity contribution >= 4 is 35.3 Å². The molecular weight excluding hydrogens is 370 g/mol. The monoisotopic (exact) mass is 383 g/mol. The van der Waals surface area contributed by atoms with Gasteiger partial charge in [-0.1, -0.05) is 6.07 Å². The van der Waals surface area contributed by atoms with Crippen molar-refractivity contribution in [3.63, 3.8) is 0 Å². The number of urea groups is 1. The standard InChI is InChI=1S/C18H13N3O7/c1-28-15-9-10(2-7-14(15)22)8-13-16(23)19-18(25)20(17(13)24)11-3-5-12(6-4-11)21(26)27/h2-9,22H,1H3,(H,19,23,25)/b13-8+. The Bertz CT molecular complexity index is 1030. The topological polar surface area (TPSA) is 139 Å². The summed E-state index contributed by atoms with van der Waals surface area (Å²) in [5.41, 5.74) is -0.0942. The maximum atomic E-state index is 12.8. The predicted molar refractivity (Wildman–Crippen MR) is 96.8 cm³/mol. The molecule has 1 saturated heterocycles. The fourth-order valence-electron chi connectivity index (χ4n) is 2.57. The first kappa shape index (κ1) is 18.6. The smallest absolute Gasteiger partial charge is 0.335 e. The fraction of sp³-hybridized carbons (Fsp3) is 0.0556. The van der Waals surface area contributed by atoms with Crippen LogP contribution in [0.2, 0.25) is 0 Å². The second-order valence-corrected chi connectivity index (χ2v) is 5.66. The average Bonchev–Trinajstić information content (AvgIpc) is 2.66. The summed E-state index contributed by atoms with van der Waals surface area (Å²) in [5, 5.41) is 22.4. The quantitative estimate of drug-likeness (QED) is 0.356. The molecule has 0 spiro atoms. The molecule has 142 valence electrons. The minimum absolute atomic E-state index is 0.0646. The van der Waals surface area contributed by atoms with Crippen molar-refractivity contribution in [2.24, 2.45) is 0 Å². The minimum Gasteiger partial charge on any atom is -0.504 e. The summed E-state index contributed by atoms with van der Waals surface area (Å²) < 4.78 is 4.98. The first-order valence-electron chi connectivity index (χ1n) is 7.84. The highest BCUT2D eigenvalue weighted by atomic mass is 16.6. The number of phenolic OH excluding ortho intramolecular Hbond substituents is 1. The number of nitrogens with zero attached hydrogens (tertiary/aromatic N) is 2. The van der Waals surface area contributed by atoms with Crippen molar-refractivity contribution in [2.45, 2.75) is 0 Å². The number of phenols is 1. The number of imide groups is 2. The number of carbonyl (C=O) groups excluding carboxylic acids is 3. The van der Waals surface area contributed by atoms with E-state index in [-0.39, 0.29) is 28.4 Å². The van der Waals surface area contributed by atoms with Gasteiger partial charge in [0.25, 0.3) is 17.5 Å². The number of rotatable bonds is 4. The van der Waals surface area contributed by atoms with Crippen LogP contribution < -0.4 is 15.0 Å². The lowest BCUT2D eigenvalue weighted by atomic mass is 10.1. The largest absolute Gasteiger partial charge is 0.504 e. The van der Waals surface area contributed by atoms with Gasteiger partial charge in [0.15, 0.2) is 11.5 Å². The summed E-state index contributed by atoms with van der Waals surface area (Å²) in [5.74, 6) is -1.76. The highest BCUT2D eigenvalue weighted by Gasteiger charge is 2.37. The van der Waals surface area contributed by atoms with E-state index >= 15 is 0 Å². The number of amides is 4. The predicted octanol–water partition coefficient (Wildman–Crippen LogP) is 1.98. The van der Waals surface area contributed by atoms with Crippen LogP contribution in [0.15, 0.2) is 48.0 Å². The molecule has 0 bridgehead atoms. The summed E-state index contributed by atoms with van der Waals surface area (Å²) in [6, 6.07) is 7.97. The molecular formula is C18H13N3O7. The second kappa shape index (κ2) is 7.19. The number of nitro groups is 1. The van der Waals surface area contributed by atoms with Gasteiger partial charge in [0.1, 0.15) is 5.57 Å². The first-order chi connectivity index (χ1) is 13.3. The summed E-state index contributed by atoms with van der Waals surface area (Å²) in [6.07, 6.45) is 1.24. The number of carbonyl (C=O) groups is 3. The zero-order valence-corrected chi connectivity index (χ0v) is 14.4. The molecule has 0 radical (unpaired) electrons. The number of aromatic hydroxyl groups is 1. The molecule has 2 aromatic carbocycles. The molecule has 0 aromatic heterocycles. The van der Waals surface area contributed by atoms with Gasteiger partial charge >= 0.3 is 6.03 Å². The number of barbiturate groups is 1. The minimum atomic E-state index is -0.968. The molecule has 1 aliphatic heterocycles. The summed E-state index contributed by atoms with van der Waals surface area (Å²) in [4.78, 5) is 47.9. The Balaban J connectivity index is 1.99. The molecule has 0 atom stereocenters. The molecule has 28 heavy (non-hydrogen) atoms. The Hall–Kier alpha value is -4.21. The number of ether oxygens (including phenoxy) is 1. The molecule has 1 aliphatic rings. The van der Waals surface area contributed by atoms with Gasteiger partial charge in [-0.05, 0) is 35.9 Å². The zero-order chi connectivity index (χ0) is 20.4. The van der Waals surface area contributed by atoms with Crippen LogP contribution in [-0.4, -0.2) is 35.0 Å². The van der Waals surface area contributed by atoms with Crippen LogP contribution in [0.5, 0.6) is 11.5 Å². The zero-order valence-electron chi connectivity index (χ0n) is 14.4. The number of non-ortho nitro benzene ring substituents is 1. The average molecular weight is 383 g/mol. The SMILES string of the molecule is COc1cc(/C=C2\C(=O)NC(=O)N(c3ccc([N+](=O)[O-])cc3)C2=O)ccc1O. The molecule has 1 fully saturated rings. The number of benzene rings is 2. The van der Waals surface area contributed by atoms with E-state index in [4.69, 9.17) is 4.74 Å². The highest BCUT2D eigenvalue weighted by molar-refractivity contribution is 6.39. The van der Waals surface area contributed by atoms with Gasteiger partial charge in [-0.25, -0.2) is 9.69 Å². The van der Waals surface area contributed by atoms with Crippen molar-refractivity contribution in [3.05, 3.63) is 63.7 Å². The Morgan fingerprint density at radius 2 is 1.82 bits per heavy atom. The maximum Gasteiger partial charge on any atom is 0.335 e. The highest BCUT2D eigenvalue weighted by Crippen LogP contribution is 2.28. The van der Waals surface area contributed by atoms with Crippen LogP contribution in [0.25, 0.3) is 6.08 Å². The molecule has 10 heteroatoms. The Morgan fingerprint density at radius 3 is 2.43 bits per heavy atom. The van der Waals surface area contributed by atoms with E-state index in [2.05, 4.69) is 5.32 Å². The van der Waals surface area contributed by atoms with E-state index in [0.29, 0.717) is 10.5 Å². The lowest BCUT2D eigenvalue weighted by molar-refractivity contribution is -0.384. The summed E-state index contributed by atoms with van der Waals surface area (Å²) >= 11 is 0. The van der Waals surface area contributed by atoms with Gasteiger partial charge < -0.3 is 9.84 Å². The van der Waals surface area contributed by atoms with Crippen LogP contribution in [0.1, 0.15) is 5.56 Å². The van der Waals surface area contributed by atoms with E-state index in [1.54, 1.807) is 0 Å². The van der Waals surface area contributed by atoms with Crippen LogP contribution in [0.4, 0.5) is 16.2 Å². The summed E-state index contributed by atoms with van der Waals surface area (Å²) in [7, 11) is 1.35. The number of hydrogen-bond acceptors (Lipinski definition) is 7. The molecule has 10 nitrogen and oxygen atoms in total. The van der Waals surface area contributed by atoms with Gasteiger partial charge in [-0.15, -0.1) is 0 Å². The van der Waals surface area contributed by atoms with E-state index in [9.17, 15) is 29.6 Å². The van der Waals surface area contributed by atoms with E-state index in [0.717, 1.165) is 12.1 Å². The lowest BCUT2D eigenvalue weighted by Crippen LogP contribution is -2.54. The number of nitro benzene ring substituents is 1. The van der Waals surface area contributed by atoms with Crippen molar-refractivity contribution in [2.75, 3.05) is 12.0 Å². The summed E-state index contributed by atoms with van der Waals surface area (Å²) in [6.45, 7) is 0. The molecule has 4 amide bonds. The molecule has 2 N–H and O–H groups in total. The van der Waals surface area contributed by atoms with Gasteiger partial charge in [0.2, 0.25) is 0 Å². The molecule has 0 aliphatic carbocycles. The van der Waals surface area contributed by atoms with Crippen LogP contribution in [-0.2, 0) is 9.59 Å². The third-order valence-electron chi connectivity index (χ3n) is 3.94. The van der Waals surface area contributed by atoms with Crippen LogP contribution in [0.3, 0.4) is 0 Å². The van der Waals surface area contributed by atoms with Crippen LogP contribution in [0, 0.1) is 10.1 Å². The molecule has 2 aromatic rings. The molecule has 1 heterocycles. The van der Waals surface area contributed by atoms with Crippen LogP contribution >= 0.6 is 0 Å². The van der Waals surface area contributed by atoms with Crippen molar-refractivity contribution in [1.82, 2.24) is 5.32 Å². The van der Waals surface area contributed by atoms with Crippen molar-refractivity contribution in [1.29, 1.82) is 0 Å². The van der Waals surface area contributed by atoms with Gasteiger partial charge in [-0.2, -0.15) is 0 Å². The van der Waals surface area contributed by atoms with Crippen molar-refractivity contribution < 1.29 is 29.2 Å². The number of hydrogen-bond donors (Lipinski definition) is 2. The van der Waals surface area contributed by atoms with Crippen molar-refractivity contribution in [3.8, 4) is 11.5 Å². The molecule has 0 unspecified atom stereocenters. The Labute approximate surface area is 157 Å². The fourth-order valence-corrected chi connectivity index (χ4v) is 2.57. The second-order valence-electron chi connectivity index (χ2n) is 5.66. The normalized spacial score (nSPS) is 15.5. The van der Waals surface area contributed by atoms with Gasteiger partial charge in [0.05, 0.1) is 17.7 Å². The molecule has 0 saturated carbocycles. The third-order valence-corrected chi connectivity index (χ3v) is 3.94. The lowest BCUT2D eigenvalue weighted by Gasteiger charge is -2.26. The van der Waals surface area contributed by atoms with E-state index in [1.807, 2.05) is 0 Å². The van der Waals surface area contributed by atoms with E-state index < -0.39 is 22.8 Å². The number of nitrogens with one attached hydrogen (secondary N) is 1.